The molecular weight excluding hydrogens is 449 g/mol. The zero-order valence-corrected chi connectivity index (χ0v) is 20.4. The van der Waals surface area contributed by atoms with Crippen LogP contribution in [-0.2, 0) is 4.79 Å². The van der Waals surface area contributed by atoms with E-state index in [0.29, 0.717) is 17.6 Å². The molecule has 4 rings (SSSR count). The first-order chi connectivity index (χ1) is 16.9. The monoisotopic (exact) mass is 485 g/mol. The van der Waals surface area contributed by atoms with E-state index in [2.05, 4.69) is 10.6 Å². The lowest BCUT2D eigenvalue weighted by Gasteiger charge is -2.25. The zero-order chi connectivity index (χ0) is 24.9. The molecule has 2 aliphatic rings. The maximum absolute atomic E-state index is 15.2. The van der Waals surface area contributed by atoms with Crippen molar-refractivity contribution in [2.24, 2.45) is 0 Å². The number of pyridine rings is 1. The summed E-state index contributed by atoms with van der Waals surface area (Å²) in [5.41, 5.74) is 0.539. The SMILES string of the molecule is CC[C@H](CCC(=O)O)NC(=O)c1cn(C2CCCC2)c2cc(NC3CCCCC3)c(F)cc2c1=O. The van der Waals surface area contributed by atoms with Crippen LogP contribution in [0.5, 0.6) is 0 Å². The largest absolute Gasteiger partial charge is 0.481 e. The molecule has 1 atom stereocenters. The number of nitrogens with one attached hydrogen (secondary N) is 2. The lowest BCUT2D eigenvalue weighted by atomic mass is 9.95. The molecule has 7 nitrogen and oxygen atoms in total. The van der Waals surface area contributed by atoms with Crippen molar-refractivity contribution < 1.29 is 19.1 Å². The van der Waals surface area contributed by atoms with Gasteiger partial charge in [0.05, 0.1) is 11.2 Å². The fourth-order valence-electron chi connectivity index (χ4n) is 5.53. The van der Waals surface area contributed by atoms with Crippen molar-refractivity contribution in [2.45, 2.75) is 102 Å². The minimum Gasteiger partial charge on any atom is -0.481 e. The molecule has 190 valence electrons. The number of nitrogens with zero attached hydrogens (tertiary/aromatic N) is 1. The number of carboxylic acid groups (broad SMARTS) is 1. The molecule has 2 saturated carbocycles. The summed E-state index contributed by atoms with van der Waals surface area (Å²) in [5, 5.41) is 15.4. The van der Waals surface area contributed by atoms with Crippen LogP contribution >= 0.6 is 0 Å². The van der Waals surface area contributed by atoms with E-state index in [-0.39, 0.29) is 41.9 Å². The van der Waals surface area contributed by atoms with Crippen molar-refractivity contribution in [3.8, 4) is 0 Å². The van der Waals surface area contributed by atoms with E-state index in [1.165, 1.54) is 12.5 Å². The Morgan fingerprint density at radius 1 is 1.11 bits per heavy atom. The van der Waals surface area contributed by atoms with Gasteiger partial charge >= 0.3 is 5.97 Å². The number of carbonyl (C=O) groups is 2. The van der Waals surface area contributed by atoms with E-state index in [4.69, 9.17) is 5.11 Å². The van der Waals surface area contributed by atoms with Crippen LogP contribution in [0.15, 0.2) is 23.1 Å². The number of anilines is 1. The molecular formula is C27H36FN3O4. The van der Waals surface area contributed by atoms with Crippen LogP contribution in [-0.4, -0.2) is 33.6 Å². The Morgan fingerprint density at radius 3 is 2.46 bits per heavy atom. The minimum absolute atomic E-state index is 0.0226. The van der Waals surface area contributed by atoms with E-state index < -0.39 is 23.1 Å². The van der Waals surface area contributed by atoms with Gasteiger partial charge in [-0.25, -0.2) is 4.39 Å². The van der Waals surface area contributed by atoms with Gasteiger partial charge in [-0.05, 0) is 50.7 Å². The predicted octanol–water partition coefficient (Wildman–Crippen LogP) is 5.37. The van der Waals surface area contributed by atoms with E-state index in [1.54, 1.807) is 12.3 Å². The number of amides is 1. The van der Waals surface area contributed by atoms with Crippen LogP contribution < -0.4 is 16.1 Å². The van der Waals surface area contributed by atoms with Crippen molar-refractivity contribution in [1.29, 1.82) is 0 Å². The fraction of sp³-hybridized carbons (Fsp3) is 0.593. The van der Waals surface area contributed by atoms with Gasteiger partial charge in [0.2, 0.25) is 5.43 Å². The molecule has 0 aliphatic heterocycles. The van der Waals surface area contributed by atoms with Gasteiger partial charge in [-0.2, -0.15) is 0 Å². The first-order valence-electron chi connectivity index (χ1n) is 13.0. The number of aromatic nitrogens is 1. The molecule has 0 radical (unpaired) electrons. The van der Waals surface area contributed by atoms with Gasteiger partial charge in [-0.3, -0.25) is 14.4 Å². The highest BCUT2D eigenvalue weighted by Crippen LogP contribution is 2.34. The maximum atomic E-state index is 15.2. The van der Waals surface area contributed by atoms with Crippen LogP contribution in [0.1, 0.15) is 100 Å². The first-order valence-corrected chi connectivity index (χ1v) is 13.0. The van der Waals surface area contributed by atoms with Crippen LogP contribution in [0.4, 0.5) is 10.1 Å². The summed E-state index contributed by atoms with van der Waals surface area (Å²) >= 11 is 0. The van der Waals surface area contributed by atoms with Gasteiger partial charge in [-0.1, -0.05) is 39.0 Å². The van der Waals surface area contributed by atoms with Crippen LogP contribution in [0.25, 0.3) is 10.9 Å². The number of aliphatic carboxylic acids is 1. The Hall–Kier alpha value is -2.90. The highest BCUT2D eigenvalue weighted by molar-refractivity contribution is 5.98. The maximum Gasteiger partial charge on any atom is 0.303 e. The summed E-state index contributed by atoms with van der Waals surface area (Å²) in [7, 11) is 0. The Morgan fingerprint density at radius 2 is 1.80 bits per heavy atom. The number of benzene rings is 1. The number of carbonyl (C=O) groups excluding carboxylic acids is 1. The van der Waals surface area contributed by atoms with Crippen LogP contribution in [0, 0.1) is 5.82 Å². The van der Waals surface area contributed by atoms with Gasteiger partial charge in [0.1, 0.15) is 11.4 Å². The summed E-state index contributed by atoms with van der Waals surface area (Å²) in [5.74, 6) is -1.95. The second-order valence-electron chi connectivity index (χ2n) is 10.1. The van der Waals surface area contributed by atoms with E-state index in [1.807, 2.05) is 11.5 Å². The summed E-state index contributed by atoms with van der Waals surface area (Å²) in [6.45, 7) is 1.86. The van der Waals surface area contributed by atoms with Crippen molar-refractivity contribution >= 4 is 28.5 Å². The molecule has 1 heterocycles. The van der Waals surface area contributed by atoms with Gasteiger partial charge in [0.15, 0.2) is 0 Å². The van der Waals surface area contributed by atoms with E-state index >= 15 is 4.39 Å². The number of halogens is 1. The quantitative estimate of drug-likeness (QED) is 0.443. The molecule has 2 fully saturated rings. The van der Waals surface area contributed by atoms with Gasteiger partial charge < -0.3 is 20.3 Å². The van der Waals surface area contributed by atoms with Crippen molar-refractivity contribution in [3.05, 3.63) is 39.9 Å². The third-order valence-electron chi connectivity index (χ3n) is 7.58. The topological polar surface area (TPSA) is 100 Å². The molecule has 1 amide bonds. The summed E-state index contributed by atoms with van der Waals surface area (Å²) in [6, 6.07) is 3.03. The second kappa shape index (κ2) is 11.2. The van der Waals surface area contributed by atoms with Gasteiger partial charge in [-0.15, -0.1) is 0 Å². The number of rotatable bonds is 9. The fourth-order valence-corrected chi connectivity index (χ4v) is 5.53. The smallest absolute Gasteiger partial charge is 0.303 e. The zero-order valence-electron chi connectivity index (χ0n) is 20.4. The molecule has 35 heavy (non-hydrogen) atoms. The highest BCUT2D eigenvalue weighted by atomic mass is 19.1. The molecule has 0 bridgehead atoms. The Labute approximate surface area is 205 Å². The number of hydrogen-bond donors (Lipinski definition) is 3. The third kappa shape index (κ3) is 5.85. The second-order valence-corrected chi connectivity index (χ2v) is 10.1. The Balaban J connectivity index is 1.71. The van der Waals surface area contributed by atoms with Gasteiger partial charge in [0.25, 0.3) is 5.91 Å². The molecule has 0 spiro atoms. The molecule has 8 heteroatoms. The average Bonchev–Trinajstić information content (AvgIpc) is 3.38. The van der Waals surface area contributed by atoms with E-state index in [0.717, 1.165) is 51.4 Å². The Bertz CT molecular complexity index is 1130. The number of hydrogen-bond acceptors (Lipinski definition) is 4. The predicted molar refractivity (Wildman–Crippen MR) is 135 cm³/mol. The van der Waals surface area contributed by atoms with E-state index in [9.17, 15) is 14.4 Å². The highest BCUT2D eigenvalue weighted by Gasteiger charge is 2.25. The molecule has 2 aromatic rings. The third-order valence-corrected chi connectivity index (χ3v) is 7.58. The Kier molecular flexibility index (Phi) is 8.08. The number of carboxylic acids is 1. The average molecular weight is 486 g/mol. The van der Waals surface area contributed by atoms with Gasteiger partial charge in [0, 0.05) is 36.1 Å². The van der Waals surface area contributed by atoms with Crippen molar-refractivity contribution in [3.63, 3.8) is 0 Å². The first kappa shape index (κ1) is 25.2. The summed E-state index contributed by atoms with van der Waals surface area (Å²) in [6.07, 6.45) is 11.9. The molecule has 0 unspecified atom stereocenters. The summed E-state index contributed by atoms with van der Waals surface area (Å²) in [4.78, 5) is 37.4. The standard InChI is InChI=1S/C27H36FN3O4/c1-2-17(12-13-25(32)33)30-27(35)21-16-31(19-10-6-7-11-19)24-15-23(22(28)14-20(24)26(21)34)29-18-8-4-3-5-9-18/h14-19,29H,2-13H2,1H3,(H,30,35)(H,32,33)/t17-/m1/s1. The molecule has 1 aromatic carbocycles. The number of fused-ring (bicyclic) bond motifs is 1. The lowest BCUT2D eigenvalue weighted by molar-refractivity contribution is -0.137. The molecule has 0 saturated heterocycles. The molecule has 3 N–H and O–H groups in total. The van der Waals surface area contributed by atoms with Crippen molar-refractivity contribution in [1.82, 2.24) is 9.88 Å². The summed E-state index contributed by atoms with van der Waals surface area (Å²) < 4.78 is 17.2. The molecule has 1 aromatic heterocycles. The van der Waals surface area contributed by atoms with Crippen molar-refractivity contribution in [2.75, 3.05) is 5.32 Å². The normalized spacial score (nSPS) is 18.0. The van der Waals surface area contributed by atoms with Crippen LogP contribution in [0.3, 0.4) is 0 Å². The minimum atomic E-state index is -0.930. The molecule has 2 aliphatic carbocycles. The lowest BCUT2D eigenvalue weighted by Crippen LogP contribution is -2.37. The van der Waals surface area contributed by atoms with Crippen LogP contribution in [0.2, 0.25) is 0 Å².